The Balaban J connectivity index is 1.60. The molecule has 0 N–H and O–H groups in total. The molecule has 0 atom stereocenters. The number of aromatic nitrogens is 2. The van der Waals surface area contributed by atoms with E-state index in [-0.39, 0.29) is 0 Å². The fourth-order valence-corrected chi connectivity index (χ4v) is 13.6. The van der Waals surface area contributed by atoms with E-state index in [0.717, 1.165) is 10.8 Å². The van der Waals surface area contributed by atoms with Crippen LogP contribution in [0.25, 0.3) is 43.1 Å². The molecule has 0 unspecified atom stereocenters. The highest BCUT2D eigenvalue weighted by molar-refractivity contribution is 7.29. The van der Waals surface area contributed by atoms with Crippen LogP contribution in [0.2, 0.25) is 0 Å². The summed E-state index contributed by atoms with van der Waals surface area (Å²) in [5.41, 5.74) is 7.24. The molecule has 8 aromatic rings. The minimum atomic E-state index is -3.17. The minimum Gasteiger partial charge on any atom is -0.263 e. The van der Waals surface area contributed by atoms with Crippen LogP contribution in [0.1, 0.15) is 22.3 Å². The van der Waals surface area contributed by atoms with E-state index in [9.17, 15) is 0 Å². The molecule has 1 aliphatic rings. The molecule has 3 heteroatoms. The number of hydrogen-bond acceptors (Lipinski definition) is 2. The Morgan fingerprint density at radius 1 is 0.327 bits per heavy atom. The Morgan fingerprint density at radius 3 is 1.08 bits per heavy atom. The zero-order chi connectivity index (χ0) is 32.6. The molecule has 0 fully saturated rings. The Hall–Kier alpha value is -6.16. The van der Waals surface area contributed by atoms with Crippen molar-refractivity contribution in [2.75, 3.05) is 0 Å². The predicted octanol–water partition coefficient (Wildman–Crippen LogP) is 9.66. The van der Waals surface area contributed by atoms with Gasteiger partial charge in [-0.25, -0.2) is 0 Å². The second-order valence-electron chi connectivity index (χ2n) is 12.5. The van der Waals surface area contributed by atoms with Gasteiger partial charge in [0.1, 0.15) is 0 Å². The van der Waals surface area contributed by atoms with Gasteiger partial charge in [-0.05, 0) is 53.8 Å². The van der Waals surface area contributed by atoms with Crippen LogP contribution in [0, 0.1) is 0 Å². The van der Waals surface area contributed by atoms with E-state index < -0.39 is 8.07 Å². The van der Waals surface area contributed by atoms with Crippen LogP contribution < -0.4 is 10.4 Å². The van der Waals surface area contributed by atoms with Crippen molar-refractivity contribution in [3.8, 4) is 0 Å². The first-order valence-corrected chi connectivity index (χ1v) is 18.7. The summed E-state index contributed by atoms with van der Waals surface area (Å²) in [4.78, 5) is 9.88. The van der Waals surface area contributed by atoms with E-state index in [1.165, 1.54) is 64.9 Å². The summed E-state index contributed by atoms with van der Waals surface area (Å²) in [6.45, 7) is 0. The van der Waals surface area contributed by atoms with E-state index >= 15 is 0 Å². The first-order valence-electron chi connectivity index (χ1n) is 16.7. The molecule has 1 aliphatic heterocycles. The first-order chi connectivity index (χ1) is 24.4. The molecule has 0 radical (unpaired) electrons. The molecule has 49 heavy (non-hydrogen) atoms. The number of allylic oxidation sites excluding steroid dienone is 2. The van der Waals surface area contributed by atoms with Crippen molar-refractivity contribution in [3.05, 3.63) is 217 Å². The van der Waals surface area contributed by atoms with Gasteiger partial charge in [-0.15, -0.1) is 0 Å². The normalized spacial score (nSPS) is 14.1. The molecule has 9 rings (SSSR count). The van der Waals surface area contributed by atoms with Crippen molar-refractivity contribution in [2.24, 2.45) is 0 Å². The number of rotatable bonds is 6. The van der Waals surface area contributed by atoms with Crippen molar-refractivity contribution in [1.82, 2.24) is 9.97 Å². The lowest BCUT2D eigenvalue weighted by Crippen LogP contribution is -2.59. The van der Waals surface area contributed by atoms with Crippen molar-refractivity contribution < 1.29 is 0 Å². The van der Waals surface area contributed by atoms with Crippen molar-refractivity contribution in [3.63, 3.8) is 0 Å². The first kappa shape index (κ1) is 29.0. The lowest BCUT2D eigenvalue weighted by molar-refractivity contribution is 1.35. The summed E-state index contributed by atoms with van der Waals surface area (Å²) < 4.78 is 0. The monoisotopic (exact) mass is 640 g/mol. The topological polar surface area (TPSA) is 25.8 Å². The van der Waals surface area contributed by atoms with Crippen molar-refractivity contribution in [1.29, 1.82) is 0 Å². The zero-order valence-electron chi connectivity index (χ0n) is 26.9. The van der Waals surface area contributed by atoms with E-state index in [1.807, 2.05) is 12.4 Å². The van der Waals surface area contributed by atoms with Crippen LogP contribution in [0.4, 0.5) is 0 Å². The van der Waals surface area contributed by atoms with Gasteiger partial charge >= 0.3 is 0 Å². The van der Waals surface area contributed by atoms with Crippen LogP contribution in [-0.2, 0) is 0 Å². The molecule has 0 saturated carbocycles. The lowest BCUT2D eigenvalue weighted by Gasteiger charge is -2.36. The maximum Gasteiger partial charge on any atom is 0.182 e. The molecule has 0 amide bonds. The Morgan fingerprint density at radius 2 is 0.673 bits per heavy atom. The molecular formula is C46H32N2Si. The number of nitrogens with zero attached hydrogens (tertiary/aromatic N) is 2. The predicted molar refractivity (Wildman–Crippen MR) is 208 cm³/mol. The molecule has 6 aromatic carbocycles. The summed E-state index contributed by atoms with van der Waals surface area (Å²) in [6.07, 6.45) is 8.21. The second-order valence-corrected chi connectivity index (χ2v) is 16.2. The van der Waals surface area contributed by atoms with Crippen molar-refractivity contribution >= 4 is 61.5 Å². The Kier molecular flexibility index (Phi) is 7.18. The zero-order valence-corrected chi connectivity index (χ0v) is 27.9. The van der Waals surface area contributed by atoms with Crippen LogP contribution >= 0.6 is 0 Å². The fraction of sp³-hybridized carbons (Fsp3) is 0. The van der Waals surface area contributed by atoms with E-state index in [1.54, 1.807) is 0 Å². The fourth-order valence-electron chi connectivity index (χ4n) is 7.96. The standard InChI is InChI=1S/C46H32N2Si/c1-5-17-33(18-6-1)43-44(34-19-7-2-8-20-34)46(42-32-48-30-36-22-14-16-28-40(36)42)49(37-23-9-3-10-24-37,38-25-11-4-12-26-38)45(43)41-31-47-29-35-21-13-15-27-39(35)41/h1-32H. The van der Waals surface area contributed by atoms with Gasteiger partial charge in [-0.1, -0.05) is 170 Å². The van der Waals surface area contributed by atoms with Gasteiger partial charge in [0.2, 0.25) is 0 Å². The largest absolute Gasteiger partial charge is 0.263 e. The molecule has 2 nitrogen and oxygen atoms in total. The van der Waals surface area contributed by atoms with Gasteiger partial charge in [0.25, 0.3) is 0 Å². The number of benzene rings is 6. The quantitative estimate of drug-likeness (QED) is 0.169. The van der Waals surface area contributed by atoms with E-state index in [4.69, 9.17) is 9.97 Å². The SMILES string of the molecule is c1ccc(C2=C(c3cncc4ccccc34)[Si](c3ccccc3)(c3ccccc3)C(c3cncc4ccccc34)=C2c2ccccc2)cc1. The Bertz CT molecular complexity index is 2330. The molecule has 0 saturated heterocycles. The summed E-state index contributed by atoms with van der Waals surface area (Å²) in [5.74, 6) is 0. The second kappa shape index (κ2) is 12.1. The van der Waals surface area contributed by atoms with Gasteiger partial charge in [-0.3, -0.25) is 9.97 Å². The average molecular weight is 641 g/mol. The summed E-state index contributed by atoms with van der Waals surface area (Å²) >= 11 is 0. The molecule has 2 aromatic heterocycles. The summed E-state index contributed by atoms with van der Waals surface area (Å²) in [6, 6.07) is 61.9. The molecule has 0 spiro atoms. The maximum atomic E-state index is 4.94. The highest BCUT2D eigenvalue weighted by atomic mass is 28.3. The number of fused-ring (bicyclic) bond motifs is 2. The number of pyridine rings is 2. The highest BCUT2D eigenvalue weighted by Gasteiger charge is 2.54. The van der Waals surface area contributed by atoms with Gasteiger partial charge < -0.3 is 0 Å². The minimum absolute atomic E-state index is 1.13. The third-order valence-corrected chi connectivity index (χ3v) is 14.9. The van der Waals surface area contributed by atoms with Gasteiger partial charge in [0.15, 0.2) is 8.07 Å². The van der Waals surface area contributed by atoms with Crippen molar-refractivity contribution in [2.45, 2.75) is 0 Å². The smallest absolute Gasteiger partial charge is 0.182 e. The average Bonchev–Trinajstić information content (AvgIpc) is 3.51. The lowest BCUT2D eigenvalue weighted by atomic mass is 9.88. The molecule has 3 heterocycles. The van der Waals surface area contributed by atoms with Crippen LogP contribution in [0.3, 0.4) is 0 Å². The van der Waals surface area contributed by atoms with Gasteiger partial charge in [0, 0.05) is 46.7 Å². The summed E-state index contributed by atoms with van der Waals surface area (Å²) in [5, 5.41) is 10.0. The van der Waals surface area contributed by atoms with Crippen LogP contribution in [-0.4, -0.2) is 18.0 Å². The summed E-state index contributed by atoms with van der Waals surface area (Å²) in [7, 11) is -3.17. The number of hydrogen-bond donors (Lipinski definition) is 0. The van der Waals surface area contributed by atoms with E-state index in [0.29, 0.717) is 0 Å². The third kappa shape index (κ3) is 4.62. The van der Waals surface area contributed by atoms with Gasteiger partial charge in [0.05, 0.1) is 0 Å². The third-order valence-electron chi connectivity index (χ3n) is 9.91. The van der Waals surface area contributed by atoms with Crippen LogP contribution in [0.15, 0.2) is 195 Å². The molecule has 230 valence electrons. The molecule has 0 bridgehead atoms. The maximum absolute atomic E-state index is 4.94. The van der Waals surface area contributed by atoms with Gasteiger partial charge in [-0.2, -0.15) is 0 Å². The highest BCUT2D eigenvalue weighted by Crippen LogP contribution is 2.56. The Labute approximate surface area is 287 Å². The molecule has 0 aliphatic carbocycles. The van der Waals surface area contributed by atoms with E-state index in [2.05, 4.69) is 182 Å². The molecular weight excluding hydrogens is 609 g/mol. The van der Waals surface area contributed by atoms with Crippen LogP contribution in [0.5, 0.6) is 0 Å².